The number of carboxylic acid groups (broad SMARTS) is 1. The number of aliphatic carboxylic acids is 1. The number of nitrogens with zero attached hydrogens (tertiary/aromatic N) is 2. The highest BCUT2D eigenvalue weighted by Gasteiger charge is 2.09. The molecule has 0 aliphatic rings. The number of carboxylic acids is 1. The van der Waals surface area contributed by atoms with E-state index in [1.165, 1.54) is 0 Å². The van der Waals surface area contributed by atoms with E-state index in [1.54, 1.807) is 6.07 Å². The molecule has 1 N–H and O–H groups in total. The zero-order valence-corrected chi connectivity index (χ0v) is 11.5. The normalized spacial score (nSPS) is 9.80. The van der Waals surface area contributed by atoms with Crippen LogP contribution in [-0.4, -0.2) is 30.5 Å². The van der Waals surface area contributed by atoms with E-state index in [-0.39, 0.29) is 6.42 Å². The van der Waals surface area contributed by atoms with Crippen LogP contribution < -0.4 is 4.90 Å². The van der Waals surface area contributed by atoms with Gasteiger partial charge in [0.05, 0.1) is 12.5 Å². The Morgan fingerprint density at radius 3 is 2.75 bits per heavy atom. The van der Waals surface area contributed by atoms with Gasteiger partial charge in [0.25, 0.3) is 0 Å². The van der Waals surface area contributed by atoms with Crippen LogP contribution in [0.25, 0.3) is 0 Å². The summed E-state index contributed by atoms with van der Waals surface area (Å²) in [5, 5.41) is 17.4. The van der Waals surface area contributed by atoms with Gasteiger partial charge >= 0.3 is 5.97 Å². The predicted molar refractivity (Wildman–Crippen MR) is 75.9 cm³/mol. The molecule has 0 aliphatic heterocycles. The Labute approximate surface area is 118 Å². The molecule has 0 aliphatic carbocycles. The van der Waals surface area contributed by atoms with E-state index < -0.39 is 5.97 Å². The van der Waals surface area contributed by atoms with Crippen LogP contribution in [0.5, 0.6) is 0 Å². The van der Waals surface area contributed by atoms with Crippen molar-refractivity contribution in [2.75, 3.05) is 18.0 Å². The van der Waals surface area contributed by atoms with Crippen molar-refractivity contribution in [2.24, 2.45) is 0 Å². The molecule has 1 aromatic carbocycles. The Balaban J connectivity index is 2.81. The zero-order chi connectivity index (χ0) is 15.0. The van der Waals surface area contributed by atoms with Gasteiger partial charge in [0, 0.05) is 30.8 Å². The molecule has 1 rings (SSSR count). The fourth-order valence-electron chi connectivity index (χ4n) is 1.96. The van der Waals surface area contributed by atoms with E-state index in [1.807, 2.05) is 24.0 Å². The van der Waals surface area contributed by atoms with Crippen molar-refractivity contribution in [1.29, 1.82) is 5.26 Å². The lowest BCUT2D eigenvalue weighted by Gasteiger charge is -2.24. The fourth-order valence-corrected chi connectivity index (χ4v) is 1.96. The van der Waals surface area contributed by atoms with Crippen molar-refractivity contribution in [2.45, 2.75) is 26.2 Å². The van der Waals surface area contributed by atoms with Gasteiger partial charge in [0.1, 0.15) is 6.29 Å². The molecule has 0 heterocycles. The summed E-state index contributed by atoms with van der Waals surface area (Å²) in [6.45, 7) is 2.98. The number of hydrogen-bond donors (Lipinski definition) is 1. The summed E-state index contributed by atoms with van der Waals surface area (Å²) >= 11 is 0. The van der Waals surface area contributed by atoms with Crippen LogP contribution in [0.15, 0.2) is 18.2 Å². The van der Waals surface area contributed by atoms with Crippen LogP contribution in [-0.2, 0) is 4.79 Å². The first-order valence-electron chi connectivity index (χ1n) is 6.48. The second kappa shape index (κ2) is 7.95. The van der Waals surface area contributed by atoms with Crippen molar-refractivity contribution in [1.82, 2.24) is 0 Å². The average molecular weight is 274 g/mol. The molecular weight excluding hydrogens is 256 g/mol. The molecule has 0 spiro atoms. The minimum absolute atomic E-state index is 0.106. The minimum Gasteiger partial charge on any atom is -0.481 e. The third-order valence-electron chi connectivity index (χ3n) is 3.06. The molecule has 0 atom stereocenters. The first-order valence-corrected chi connectivity index (χ1v) is 6.48. The summed E-state index contributed by atoms with van der Waals surface area (Å²) in [6.07, 6.45) is 1.81. The van der Waals surface area contributed by atoms with Gasteiger partial charge in [-0.2, -0.15) is 5.26 Å². The number of aryl methyl sites for hydroxylation is 1. The summed E-state index contributed by atoms with van der Waals surface area (Å²) in [5.74, 6) is -0.822. The van der Waals surface area contributed by atoms with Crippen LogP contribution in [0.4, 0.5) is 5.69 Å². The van der Waals surface area contributed by atoms with E-state index in [0.717, 1.165) is 17.5 Å². The summed E-state index contributed by atoms with van der Waals surface area (Å²) in [6, 6.07) is 7.55. The quantitative estimate of drug-likeness (QED) is 0.736. The Morgan fingerprint density at radius 2 is 2.20 bits per heavy atom. The Bertz CT molecular complexity index is 520. The summed E-state index contributed by atoms with van der Waals surface area (Å²) in [4.78, 5) is 23.3. The standard InChI is InChI=1S/C15H18N2O3/c1-12-10-14(6-5-13(12)11-18)17(9-3-7-16)8-2-4-15(19)20/h5-6,10-11H,2-4,8-9H2,1H3,(H,19,20). The molecule has 0 bridgehead atoms. The highest BCUT2D eigenvalue weighted by molar-refractivity contribution is 5.78. The lowest BCUT2D eigenvalue weighted by molar-refractivity contribution is -0.137. The van der Waals surface area contributed by atoms with Crippen LogP contribution in [0.2, 0.25) is 0 Å². The van der Waals surface area contributed by atoms with Crippen LogP contribution in [0, 0.1) is 18.3 Å². The molecule has 1 aromatic rings. The van der Waals surface area contributed by atoms with Crippen LogP contribution >= 0.6 is 0 Å². The van der Waals surface area contributed by atoms with Gasteiger partial charge in [-0.1, -0.05) is 0 Å². The fraction of sp³-hybridized carbons (Fsp3) is 0.400. The maximum Gasteiger partial charge on any atom is 0.303 e. The number of hydrogen-bond acceptors (Lipinski definition) is 4. The molecule has 0 unspecified atom stereocenters. The van der Waals surface area contributed by atoms with Crippen molar-refractivity contribution in [3.63, 3.8) is 0 Å². The number of anilines is 1. The minimum atomic E-state index is -0.822. The predicted octanol–water partition coefficient (Wildman–Crippen LogP) is 2.39. The Morgan fingerprint density at radius 1 is 1.45 bits per heavy atom. The topological polar surface area (TPSA) is 81.4 Å². The number of benzene rings is 1. The molecule has 106 valence electrons. The summed E-state index contributed by atoms with van der Waals surface area (Å²) in [5.41, 5.74) is 2.42. The second-order valence-electron chi connectivity index (χ2n) is 4.55. The molecule has 5 nitrogen and oxygen atoms in total. The number of rotatable bonds is 8. The number of carbonyl (C=O) groups is 2. The van der Waals surface area contributed by atoms with Crippen molar-refractivity contribution < 1.29 is 14.7 Å². The van der Waals surface area contributed by atoms with Gasteiger partial charge in [-0.15, -0.1) is 0 Å². The highest BCUT2D eigenvalue weighted by Crippen LogP contribution is 2.19. The largest absolute Gasteiger partial charge is 0.481 e. The van der Waals surface area contributed by atoms with E-state index >= 15 is 0 Å². The number of aldehydes is 1. The molecule has 20 heavy (non-hydrogen) atoms. The summed E-state index contributed by atoms with van der Waals surface area (Å²) < 4.78 is 0. The maximum atomic E-state index is 10.8. The number of nitriles is 1. The lowest BCUT2D eigenvalue weighted by Crippen LogP contribution is -2.26. The maximum absolute atomic E-state index is 10.8. The van der Waals surface area contributed by atoms with E-state index in [4.69, 9.17) is 10.4 Å². The monoisotopic (exact) mass is 274 g/mol. The molecule has 0 radical (unpaired) electrons. The van der Waals surface area contributed by atoms with Gasteiger partial charge in [-0.05, 0) is 37.1 Å². The molecular formula is C15H18N2O3. The molecule has 0 saturated heterocycles. The molecule has 0 saturated carbocycles. The van der Waals surface area contributed by atoms with E-state index in [2.05, 4.69) is 6.07 Å². The number of carbonyl (C=O) groups excluding carboxylic acids is 1. The molecule has 0 aromatic heterocycles. The third kappa shape index (κ3) is 4.73. The smallest absolute Gasteiger partial charge is 0.303 e. The van der Waals surface area contributed by atoms with Crippen molar-refractivity contribution in [3.05, 3.63) is 29.3 Å². The Hall–Kier alpha value is -2.35. The molecule has 5 heteroatoms. The van der Waals surface area contributed by atoms with Crippen molar-refractivity contribution >= 4 is 17.9 Å². The Kier molecular flexibility index (Phi) is 6.24. The second-order valence-corrected chi connectivity index (χ2v) is 4.55. The first-order chi connectivity index (χ1) is 9.58. The molecule has 0 amide bonds. The van der Waals surface area contributed by atoms with Gasteiger partial charge in [0.15, 0.2) is 0 Å². The zero-order valence-electron chi connectivity index (χ0n) is 11.5. The highest BCUT2D eigenvalue weighted by atomic mass is 16.4. The SMILES string of the molecule is Cc1cc(N(CCC#N)CCCC(=O)O)ccc1C=O. The van der Waals surface area contributed by atoms with Crippen LogP contribution in [0.1, 0.15) is 35.2 Å². The van der Waals surface area contributed by atoms with E-state index in [0.29, 0.717) is 31.5 Å². The van der Waals surface area contributed by atoms with Gasteiger partial charge in [0.2, 0.25) is 0 Å². The average Bonchev–Trinajstić information content (AvgIpc) is 2.42. The third-order valence-corrected chi connectivity index (χ3v) is 3.06. The van der Waals surface area contributed by atoms with Crippen molar-refractivity contribution in [3.8, 4) is 6.07 Å². The first kappa shape index (κ1) is 15.7. The van der Waals surface area contributed by atoms with Crippen LogP contribution in [0.3, 0.4) is 0 Å². The van der Waals surface area contributed by atoms with Gasteiger partial charge in [-0.3, -0.25) is 9.59 Å². The summed E-state index contributed by atoms with van der Waals surface area (Å²) in [7, 11) is 0. The lowest BCUT2D eigenvalue weighted by atomic mass is 10.1. The van der Waals surface area contributed by atoms with Gasteiger partial charge < -0.3 is 10.0 Å². The van der Waals surface area contributed by atoms with E-state index in [9.17, 15) is 9.59 Å². The van der Waals surface area contributed by atoms with Gasteiger partial charge in [-0.25, -0.2) is 0 Å². The molecule has 0 fully saturated rings.